The summed E-state index contributed by atoms with van der Waals surface area (Å²) in [5.74, 6) is -2.06. The third-order valence-corrected chi connectivity index (χ3v) is 12.0. The van der Waals surface area contributed by atoms with Crippen LogP contribution in [0.4, 0.5) is 0 Å². The van der Waals surface area contributed by atoms with Crippen LogP contribution in [-0.4, -0.2) is 104 Å². The third-order valence-electron chi connectivity index (χ3n) is 11.1. The first-order valence-electron chi connectivity index (χ1n) is 22.2. The van der Waals surface area contributed by atoms with E-state index in [1.165, 1.54) is 48.5 Å². The second-order valence-electron chi connectivity index (χ2n) is 15.7. The maximum atomic E-state index is 12.8. The Bertz CT molecular complexity index is 2770. The number of esters is 5. The Morgan fingerprint density at radius 2 is 0.800 bits per heavy atom. The summed E-state index contributed by atoms with van der Waals surface area (Å²) in [6.45, 7) is -0.806. The minimum Gasteiger partial charge on any atom is -0.490 e. The van der Waals surface area contributed by atoms with Gasteiger partial charge < -0.3 is 48.1 Å². The molecule has 0 atom stereocenters. The van der Waals surface area contributed by atoms with Gasteiger partial charge in [-0.3, -0.25) is 9.36 Å². The zero-order valence-electron chi connectivity index (χ0n) is 37.7. The lowest BCUT2D eigenvalue weighted by Gasteiger charge is -2.34. The lowest BCUT2D eigenvalue weighted by molar-refractivity contribution is -0.144. The zero-order chi connectivity index (χ0) is 49.5. The summed E-state index contributed by atoms with van der Waals surface area (Å²) in [6.07, 6.45) is -0.449. The summed E-state index contributed by atoms with van der Waals surface area (Å²) in [4.78, 5) is 79.6. The molecule has 0 bridgehead atoms. The van der Waals surface area contributed by atoms with Gasteiger partial charge >= 0.3 is 37.4 Å². The molecule has 17 heteroatoms. The Hall–Kier alpha value is -7.62. The number of fused-ring (bicyclic) bond motifs is 3. The van der Waals surface area contributed by atoms with Crippen LogP contribution in [0.2, 0.25) is 0 Å². The normalized spacial score (nSPS) is 12.2. The van der Waals surface area contributed by atoms with Crippen LogP contribution < -0.4 is 9.47 Å². The summed E-state index contributed by atoms with van der Waals surface area (Å²) in [6, 6.07) is 43.4. The van der Waals surface area contributed by atoms with Crippen molar-refractivity contribution in [2.24, 2.45) is 0 Å². The van der Waals surface area contributed by atoms with Crippen LogP contribution in [0, 0.1) is 0 Å². The van der Waals surface area contributed by atoms with Crippen molar-refractivity contribution in [2.45, 2.75) is 18.3 Å². The quantitative estimate of drug-likeness (QED) is 0.0247. The fourth-order valence-corrected chi connectivity index (χ4v) is 8.53. The minimum atomic E-state index is -4.17. The molecule has 362 valence electrons. The molecular formula is C53H49O16P. The minimum absolute atomic E-state index is 0.0183. The van der Waals surface area contributed by atoms with Gasteiger partial charge in [-0.2, -0.15) is 0 Å². The van der Waals surface area contributed by atoms with E-state index in [4.69, 9.17) is 48.1 Å². The SMILES string of the molecule is O=C(CCCP(=O)(O)O)OCCOc1ccc(C2(c3ccc(OCCOC(=O)c4ccc(C(=O)OCCOC(=O)c5ccc(C(=O)OCCO)cc5)cc4)cc3)c3ccccc3-c3ccccc32)cc1. The van der Waals surface area contributed by atoms with E-state index in [2.05, 4.69) is 24.3 Å². The maximum Gasteiger partial charge on any atom is 0.338 e. The predicted molar refractivity (Wildman–Crippen MR) is 253 cm³/mol. The molecule has 0 fully saturated rings. The van der Waals surface area contributed by atoms with Crippen molar-refractivity contribution in [1.82, 2.24) is 0 Å². The first kappa shape index (κ1) is 50.3. The molecule has 0 amide bonds. The number of hydrogen-bond acceptors (Lipinski definition) is 14. The molecule has 0 aliphatic heterocycles. The van der Waals surface area contributed by atoms with E-state index >= 15 is 0 Å². The molecule has 3 N–H and O–H groups in total. The molecule has 0 unspecified atom stereocenters. The van der Waals surface area contributed by atoms with E-state index < -0.39 is 42.9 Å². The van der Waals surface area contributed by atoms with Gasteiger partial charge in [0.1, 0.15) is 57.7 Å². The molecular weight excluding hydrogens is 924 g/mol. The lowest BCUT2D eigenvalue weighted by Crippen LogP contribution is -2.28. The fourth-order valence-electron chi connectivity index (χ4n) is 7.96. The van der Waals surface area contributed by atoms with Crippen LogP contribution in [0.15, 0.2) is 146 Å². The number of hydrogen-bond donors (Lipinski definition) is 3. The topological polar surface area (TPSA) is 228 Å². The first-order chi connectivity index (χ1) is 33.9. The molecule has 0 saturated carbocycles. The third kappa shape index (κ3) is 12.5. The highest BCUT2D eigenvalue weighted by molar-refractivity contribution is 7.51. The van der Waals surface area contributed by atoms with Crippen LogP contribution >= 0.6 is 7.60 Å². The smallest absolute Gasteiger partial charge is 0.338 e. The molecule has 70 heavy (non-hydrogen) atoms. The van der Waals surface area contributed by atoms with E-state index in [1.54, 1.807) is 0 Å². The molecule has 6 aromatic carbocycles. The summed E-state index contributed by atoms with van der Waals surface area (Å²) >= 11 is 0. The first-order valence-corrected chi connectivity index (χ1v) is 24.0. The summed E-state index contributed by atoms with van der Waals surface area (Å²) in [5, 5.41) is 8.79. The number of carbonyl (C=O) groups excluding carboxylic acids is 5. The van der Waals surface area contributed by atoms with Gasteiger partial charge in [0, 0.05) is 6.42 Å². The van der Waals surface area contributed by atoms with Gasteiger partial charge in [-0.25, -0.2) is 19.2 Å². The molecule has 0 heterocycles. The van der Waals surface area contributed by atoms with Crippen LogP contribution in [0.5, 0.6) is 11.5 Å². The maximum absolute atomic E-state index is 12.8. The van der Waals surface area contributed by atoms with Crippen molar-refractivity contribution in [3.05, 3.63) is 190 Å². The number of ether oxygens (including phenoxy) is 7. The monoisotopic (exact) mass is 972 g/mol. The number of benzene rings is 6. The molecule has 16 nitrogen and oxygen atoms in total. The van der Waals surface area contributed by atoms with Gasteiger partial charge in [0.25, 0.3) is 0 Å². The zero-order valence-corrected chi connectivity index (χ0v) is 38.6. The predicted octanol–water partition coefficient (Wildman–Crippen LogP) is 7.33. The van der Waals surface area contributed by atoms with Crippen molar-refractivity contribution in [1.29, 1.82) is 0 Å². The van der Waals surface area contributed by atoms with Gasteiger partial charge in [0.05, 0.1) is 40.4 Å². The number of aliphatic hydroxyl groups excluding tert-OH is 1. The van der Waals surface area contributed by atoms with Crippen LogP contribution in [0.1, 0.15) is 76.5 Å². The molecule has 0 radical (unpaired) electrons. The van der Waals surface area contributed by atoms with Gasteiger partial charge in [-0.1, -0.05) is 72.8 Å². The van der Waals surface area contributed by atoms with Crippen molar-refractivity contribution in [3.63, 3.8) is 0 Å². The van der Waals surface area contributed by atoms with Crippen LogP contribution in [-0.2, 0) is 38.5 Å². The highest BCUT2D eigenvalue weighted by Crippen LogP contribution is 2.56. The Kier molecular flexibility index (Phi) is 16.9. The van der Waals surface area contributed by atoms with E-state index in [9.17, 15) is 28.5 Å². The van der Waals surface area contributed by atoms with Crippen molar-refractivity contribution in [2.75, 3.05) is 59.0 Å². The van der Waals surface area contributed by atoms with E-state index in [0.29, 0.717) is 11.5 Å². The molecule has 6 aromatic rings. The Morgan fingerprint density at radius 3 is 1.19 bits per heavy atom. The Labute approximate surface area is 402 Å². The summed E-state index contributed by atoms with van der Waals surface area (Å²) in [7, 11) is -4.17. The number of aliphatic hydroxyl groups is 1. The highest BCUT2D eigenvalue weighted by Gasteiger charge is 2.46. The number of carbonyl (C=O) groups is 5. The van der Waals surface area contributed by atoms with Crippen molar-refractivity contribution < 1.29 is 76.6 Å². The largest absolute Gasteiger partial charge is 0.490 e. The Morgan fingerprint density at radius 1 is 0.443 bits per heavy atom. The molecule has 0 aromatic heterocycles. The van der Waals surface area contributed by atoms with E-state index in [-0.39, 0.29) is 94.1 Å². The standard InChI is InChI=1S/C53H49O16P/c54-27-28-66-49(56)36-11-13-38(14-12-36)51(58)68-33-34-69-52(59)39-17-15-37(16-18-39)50(57)67-32-30-64-43-25-21-41(22-26-43)53(46-8-3-1-6-44(46)45-7-2-4-9-47(45)53)40-19-23-42(24-20-40)63-29-31-65-48(55)10-5-35-70(60,61)62/h1-4,6-9,11-26,54H,5,10,27-35H2,(H2,60,61,62). The summed E-state index contributed by atoms with van der Waals surface area (Å²) in [5.41, 5.74) is 6.44. The van der Waals surface area contributed by atoms with Crippen LogP contribution in [0.3, 0.4) is 0 Å². The van der Waals surface area contributed by atoms with E-state index in [1.807, 2.05) is 72.8 Å². The lowest BCUT2D eigenvalue weighted by atomic mass is 9.68. The van der Waals surface area contributed by atoms with Crippen LogP contribution in [0.25, 0.3) is 11.1 Å². The summed E-state index contributed by atoms with van der Waals surface area (Å²) < 4.78 is 48.7. The molecule has 0 spiro atoms. The second-order valence-corrected chi connectivity index (χ2v) is 17.5. The van der Waals surface area contributed by atoms with E-state index in [0.717, 1.165) is 33.4 Å². The van der Waals surface area contributed by atoms with Gasteiger partial charge in [-0.05, 0) is 113 Å². The average Bonchev–Trinajstić information content (AvgIpc) is 3.68. The van der Waals surface area contributed by atoms with Gasteiger partial charge in [0.2, 0.25) is 0 Å². The molecule has 7 rings (SSSR count). The van der Waals surface area contributed by atoms with Gasteiger partial charge in [0.15, 0.2) is 0 Å². The second kappa shape index (κ2) is 23.6. The Balaban J connectivity index is 0.898. The average molecular weight is 973 g/mol. The molecule has 1 aliphatic rings. The van der Waals surface area contributed by atoms with Crippen molar-refractivity contribution >= 4 is 37.4 Å². The number of rotatable bonds is 23. The molecule has 1 aliphatic carbocycles. The highest BCUT2D eigenvalue weighted by atomic mass is 31.2. The fraction of sp³-hybridized carbons (Fsp3) is 0.226. The molecule has 0 saturated heterocycles. The van der Waals surface area contributed by atoms with Crippen molar-refractivity contribution in [3.8, 4) is 22.6 Å². The van der Waals surface area contributed by atoms with Gasteiger partial charge in [-0.15, -0.1) is 0 Å².